The van der Waals surface area contributed by atoms with E-state index in [1.807, 2.05) is 31.2 Å². The van der Waals surface area contributed by atoms with Gasteiger partial charge in [-0.15, -0.1) is 0 Å². The van der Waals surface area contributed by atoms with Gasteiger partial charge in [-0.1, -0.05) is 24.3 Å². The van der Waals surface area contributed by atoms with Gasteiger partial charge in [-0.2, -0.15) is 0 Å². The molecular formula is C15H17NO2. The topological polar surface area (TPSA) is 52.5 Å². The number of rotatable bonds is 4. The molecule has 0 fully saturated rings. The molecule has 3 N–H and O–H groups in total. The van der Waals surface area contributed by atoms with Crippen molar-refractivity contribution in [2.75, 3.05) is 0 Å². The van der Waals surface area contributed by atoms with Gasteiger partial charge in [0.05, 0.1) is 0 Å². The first kappa shape index (κ1) is 12.5. The lowest BCUT2D eigenvalue weighted by atomic mass is 10.1. The lowest BCUT2D eigenvalue weighted by molar-refractivity contribution is 0.471. The Hall–Kier alpha value is -2.00. The van der Waals surface area contributed by atoms with E-state index in [0.717, 1.165) is 11.1 Å². The number of aromatic hydroxyl groups is 2. The Morgan fingerprint density at radius 1 is 1.00 bits per heavy atom. The number of hydrogen-bond acceptors (Lipinski definition) is 3. The largest absolute Gasteiger partial charge is 0.508 e. The SMILES string of the molecule is CC(NCc1cccc(O)c1)c1cccc(O)c1. The lowest BCUT2D eigenvalue weighted by Crippen LogP contribution is -2.17. The molecule has 3 heteroatoms. The van der Waals surface area contributed by atoms with Gasteiger partial charge in [-0.05, 0) is 42.3 Å². The summed E-state index contributed by atoms with van der Waals surface area (Å²) in [4.78, 5) is 0. The van der Waals surface area contributed by atoms with Crippen molar-refractivity contribution in [2.45, 2.75) is 19.5 Å². The quantitative estimate of drug-likeness (QED) is 0.773. The highest BCUT2D eigenvalue weighted by Gasteiger charge is 2.05. The minimum absolute atomic E-state index is 0.138. The Labute approximate surface area is 107 Å². The summed E-state index contributed by atoms with van der Waals surface area (Å²) in [6.07, 6.45) is 0. The summed E-state index contributed by atoms with van der Waals surface area (Å²) in [5.41, 5.74) is 2.07. The van der Waals surface area contributed by atoms with Crippen LogP contribution >= 0.6 is 0 Å². The van der Waals surface area contributed by atoms with Crippen LogP contribution < -0.4 is 5.32 Å². The highest BCUT2D eigenvalue weighted by Crippen LogP contribution is 2.18. The van der Waals surface area contributed by atoms with E-state index in [1.54, 1.807) is 24.3 Å². The van der Waals surface area contributed by atoms with Gasteiger partial charge in [0.25, 0.3) is 0 Å². The van der Waals surface area contributed by atoms with Gasteiger partial charge in [-0.3, -0.25) is 0 Å². The fraction of sp³-hybridized carbons (Fsp3) is 0.200. The van der Waals surface area contributed by atoms with E-state index < -0.39 is 0 Å². The normalized spacial score (nSPS) is 12.3. The Bertz CT molecular complexity index is 525. The highest BCUT2D eigenvalue weighted by atomic mass is 16.3. The Morgan fingerprint density at radius 2 is 1.67 bits per heavy atom. The zero-order valence-corrected chi connectivity index (χ0v) is 10.3. The van der Waals surface area contributed by atoms with E-state index in [0.29, 0.717) is 6.54 Å². The summed E-state index contributed by atoms with van der Waals surface area (Å²) in [6.45, 7) is 2.71. The predicted molar refractivity (Wildman–Crippen MR) is 71.5 cm³/mol. The standard InChI is InChI=1S/C15H17NO2/c1-11(13-5-3-7-15(18)9-13)16-10-12-4-2-6-14(17)8-12/h2-9,11,16-18H,10H2,1H3. The zero-order valence-electron chi connectivity index (χ0n) is 10.3. The van der Waals surface area contributed by atoms with E-state index in [-0.39, 0.29) is 17.5 Å². The molecule has 0 aliphatic carbocycles. The second-order valence-corrected chi connectivity index (χ2v) is 4.37. The first-order valence-electron chi connectivity index (χ1n) is 5.95. The first-order chi connectivity index (χ1) is 8.65. The third-order valence-corrected chi connectivity index (χ3v) is 2.89. The van der Waals surface area contributed by atoms with Gasteiger partial charge >= 0.3 is 0 Å². The van der Waals surface area contributed by atoms with Gasteiger partial charge in [0.1, 0.15) is 11.5 Å². The fourth-order valence-electron chi connectivity index (χ4n) is 1.85. The molecule has 2 rings (SSSR count). The smallest absolute Gasteiger partial charge is 0.115 e. The van der Waals surface area contributed by atoms with E-state index in [1.165, 1.54) is 0 Å². The molecule has 0 radical (unpaired) electrons. The van der Waals surface area contributed by atoms with Crippen LogP contribution in [0.2, 0.25) is 0 Å². The summed E-state index contributed by atoms with van der Waals surface area (Å²) in [6, 6.07) is 14.5. The molecule has 0 saturated heterocycles. The second-order valence-electron chi connectivity index (χ2n) is 4.37. The molecule has 0 amide bonds. The van der Waals surface area contributed by atoms with Crippen molar-refractivity contribution in [3.05, 3.63) is 59.7 Å². The maximum absolute atomic E-state index is 9.42. The molecule has 0 spiro atoms. The first-order valence-corrected chi connectivity index (χ1v) is 5.95. The number of benzene rings is 2. The minimum atomic E-state index is 0.138. The second kappa shape index (κ2) is 5.56. The van der Waals surface area contributed by atoms with Crippen LogP contribution in [0.15, 0.2) is 48.5 Å². The van der Waals surface area contributed by atoms with Crippen molar-refractivity contribution in [2.24, 2.45) is 0 Å². The molecule has 2 aromatic carbocycles. The molecule has 18 heavy (non-hydrogen) atoms. The molecule has 94 valence electrons. The van der Waals surface area contributed by atoms with Gasteiger partial charge in [-0.25, -0.2) is 0 Å². The van der Waals surface area contributed by atoms with Crippen molar-refractivity contribution in [3.63, 3.8) is 0 Å². The van der Waals surface area contributed by atoms with Gasteiger partial charge in [0.15, 0.2) is 0 Å². The lowest BCUT2D eigenvalue weighted by Gasteiger charge is -2.14. The molecule has 0 aliphatic rings. The average Bonchev–Trinajstić information content (AvgIpc) is 2.36. The van der Waals surface area contributed by atoms with Crippen LogP contribution in [0.5, 0.6) is 11.5 Å². The minimum Gasteiger partial charge on any atom is -0.508 e. The summed E-state index contributed by atoms with van der Waals surface area (Å²) >= 11 is 0. The molecule has 0 aliphatic heterocycles. The third kappa shape index (κ3) is 3.25. The average molecular weight is 243 g/mol. The Morgan fingerprint density at radius 3 is 2.33 bits per heavy atom. The zero-order chi connectivity index (χ0) is 13.0. The summed E-state index contributed by atoms with van der Waals surface area (Å²) in [5.74, 6) is 0.554. The van der Waals surface area contributed by atoms with Crippen LogP contribution in [-0.2, 0) is 6.54 Å². The van der Waals surface area contributed by atoms with Crippen LogP contribution in [0.25, 0.3) is 0 Å². The molecule has 1 atom stereocenters. The number of nitrogens with one attached hydrogen (secondary N) is 1. The molecule has 0 bridgehead atoms. The number of phenols is 2. The Balaban J connectivity index is 1.98. The third-order valence-electron chi connectivity index (χ3n) is 2.89. The van der Waals surface area contributed by atoms with Crippen LogP contribution in [0.4, 0.5) is 0 Å². The van der Waals surface area contributed by atoms with E-state index in [9.17, 15) is 10.2 Å². The molecular weight excluding hydrogens is 226 g/mol. The van der Waals surface area contributed by atoms with Crippen LogP contribution in [0, 0.1) is 0 Å². The van der Waals surface area contributed by atoms with Crippen molar-refractivity contribution >= 4 is 0 Å². The van der Waals surface area contributed by atoms with Crippen molar-refractivity contribution in [1.82, 2.24) is 5.32 Å². The summed E-state index contributed by atoms with van der Waals surface area (Å²) in [5, 5.41) is 22.1. The molecule has 2 aromatic rings. The predicted octanol–water partition coefficient (Wildman–Crippen LogP) is 2.95. The monoisotopic (exact) mass is 243 g/mol. The Kier molecular flexibility index (Phi) is 3.85. The maximum Gasteiger partial charge on any atom is 0.115 e. The van der Waals surface area contributed by atoms with Crippen molar-refractivity contribution in [3.8, 4) is 11.5 Å². The molecule has 0 heterocycles. The fourth-order valence-corrected chi connectivity index (χ4v) is 1.85. The number of phenolic OH excluding ortho intramolecular Hbond substituents is 2. The maximum atomic E-state index is 9.42. The summed E-state index contributed by atoms with van der Waals surface area (Å²) in [7, 11) is 0. The van der Waals surface area contributed by atoms with Crippen molar-refractivity contribution in [1.29, 1.82) is 0 Å². The van der Waals surface area contributed by atoms with E-state index in [4.69, 9.17) is 0 Å². The van der Waals surface area contributed by atoms with Crippen LogP contribution in [-0.4, -0.2) is 10.2 Å². The highest BCUT2D eigenvalue weighted by molar-refractivity contribution is 5.30. The van der Waals surface area contributed by atoms with Gasteiger partial charge in [0.2, 0.25) is 0 Å². The van der Waals surface area contributed by atoms with E-state index in [2.05, 4.69) is 5.32 Å². The molecule has 1 unspecified atom stereocenters. The van der Waals surface area contributed by atoms with Gasteiger partial charge < -0.3 is 15.5 Å². The van der Waals surface area contributed by atoms with Gasteiger partial charge in [0, 0.05) is 12.6 Å². The molecule has 0 saturated carbocycles. The molecule has 0 aromatic heterocycles. The van der Waals surface area contributed by atoms with Crippen molar-refractivity contribution < 1.29 is 10.2 Å². The number of hydrogen-bond donors (Lipinski definition) is 3. The molecule has 3 nitrogen and oxygen atoms in total. The van der Waals surface area contributed by atoms with Crippen LogP contribution in [0.3, 0.4) is 0 Å². The van der Waals surface area contributed by atoms with Crippen LogP contribution in [0.1, 0.15) is 24.1 Å². The van der Waals surface area contributed by atoms with E-state index >= 15 is 0 Å². The summed E-state index contributed by atoms with van der Waals surface area (Å²) < 4.78 is 0.